The lowest BCUT2D eigenvalue weighted by Crippen LogP contribution is -2.53. The number of ether oxygens (including phenoxy) is 1. The number of rotatable bonds is 2. The molecular weight excluding hydrogens is 392 g/mol. The molecule has 2 heterocycles. The molecule has 2 saturated heterocycles. The normalized spacial score (nSPS) is 23.2. The van der Waals surface area contributed by atoms with Gasteiger partial charge in [-0.05, 0) is 62.5 Å². The number of nitrogens with zero attached hydrogens (tertiary/aromatic N) is 2. The summed E-state index contributed by atoms with van der Waals surface area (Å²) in [5.41, 5.74) is 2.17. The fourth-order valence-electron chi connectivity index (χ4n) is 4.73. The second-order valence-electron chi connectivity index (χ2n) is 10.9. The van der Waals surface area contributed by atoms with Crippen molar-refractivity contribution >= 4 is 12.0 Å². The molecule has 1 aromatic carbocycles. The first kappa shape index (κ1) is 23.6. The molecule has 0 aliphatic carbocycles. The lowest BCUT2D eigenvalue weighted by molar-refractivity contribution is -0.139. The summed E-state index contributed by atoms with van der Waals surface area (Å²) in [6, 6.07) is 7.76. The largest absolute Gasteiger partial charge is 0.444 e. The third-order valence-corrected chi connectivity index (χ3v) is 6.26. The summed E-state index contributed by atoms with van der Waals surface area (Å²) in [4.78, 5) is 29.1. The van der Waals surface area contributed by atoms with Crippen LogP contribution in [-0.2, 0) is 14.9 Å². The molecule has 3 rings (SSSR count). The molecule has 2 aliphatic rings. The number of amides is 2. The molecule has 6 nitrogen and oxygen atoms in total. The molecule has 1 N–H and O–H groups in total. The van der Waals surface area contributed by atoms with Crippen molar-refractivity contribution in [2.75, 3.05) is 19.6 Å². The highest BCUT2D eigenvalue weighted by atomic mass is 16.6. The van der Waals surface area contributed by atoms with E-state index in [9.17, 15) is 14.7 Å². The molecule has 0 saturated carbocycles. The van der Waals surface area contributed by atoms with Crippen molar-refractivity contribution in [3.05, 3.63) is 35.4 Å². The molecule has 2 unspecified atom stereocenters. The van der Waals surface area contributed by atoms with Gasteiger partial charge in [-0.3, -0.25) is 9.69 Å². The second-order valence-corrected chi connectivity index (χ2v) is 10.9. The van der Waals surface area contributed by atoms with Gasteiger partial charge in [0.15, 0.2) is 0 Å². The predicted octanol–water partition coefficient (Wildman–Crippen LogP) is 4.06. The molecule has 172 valence electrons. The lowest BCUT2D eigenvalue weighted by Gasteiger charge is -2.37. The molecule has 1 aromatic rings. The van der Waals surface area contributed by atoms with Crippen LogP contribution in [0.3, 0.4) is 0 Å². The SMILES string of the molecule is CC(C)(C)OC(=O)N1CCC(O)C1C(=O)N1CCC(c2ccccc2C(C)(C)C)CC1. The molecule has 2 aliphatic heterocycles. The van der Waals surface area contributed by atoms with Crippen molar-refractivity contribution in [3.63, 3.8) is 0 Å². The van der Waals surface area contributed by atoms with E-state index in [1.807, 2.05) is 4.90 Å². The van der Waals surface area contributed by atoms with Gasteiger partial charge in [-0.2, -0.15) is 0 Å². The molecule has 2 amide bonds. The van der Waals surface area contributed by atoms with E-state index in [0.717, 1.165) is 12.8 Å². The molecule has 2 atom stereocenters. The Morgan fingerprint density at radius 2 is 1.58 bits per heavy atom. The van der Waals surface area contributed by atoms with Crippen molar-refractivity contribution < 1.29 is 19.4 Å². The molecule has 0 radical (unpaired) electrons. The van der Waals surface area contributed by atoms with Crippen LogP contribution in [0.25, 0.3) is 0 Å². The minimum atomic E-state index is -0.853. The number of carbonyl (C=O) groups excluding carboxylic acids is 2. The topological polar surface area (TPSA) is 70.1 Å². The second kappa shape index (κ2) is 8.81. The number of aliphatic hydroxyl groups excluding tert-OH is 1. The highest BCUT2D eigenvalue weighted by Gasteiger charge is 2.45. The van der Waals surface area contributed by atoms with E-state index in [1.54, 1.807) is 20.8 Å². The minimum absolute atomic E-state index is 0.0748. The van der Waals surface area contributed by atoms with Crippen molar-refractivity contribution in [1.29, 1.82) is 0 Å². The zero-order chi connectivity index (χ0) is 23.0. The predicted molar refractivity (Wildman–Crippen MR) is 121 cm³/mol. The minimum Gasteiger partial charge on any atom is -0.444 e. The van der Waals surface area contributed by atoms with Gasteiger partial charge in [0.05, 0.1) is 6.10 Å². The first-order chi connectivity index (χ1) is 14.4. The van der Waals surface area contributed by atoms with E-state index in [0.29, 0.717) is 32.0 Å². The molecule has 0 aromatic heterocycles. The van der Waals surface area contributed by atoms with Crippen LogP contribution in [0.15, 0.2) is 24.3 Å². The van der Waals surface area contributed by atoms with Gasteiger partial charge in [-0.1, -0.05) is 45.0 Å². The van der Waals surface area contributed by atoms with E-state index >= 15 is 0 Å². The van der Waals surface area contributed by atoms with E-state index in [-0.39, 0.29) is 11.3 Å². The number of hydrogen-bond donors (Lipinski definition) is 1. The summed E-state index contributed by atoms with van der Waals surface area (Å²) in [5.74, 6) is 0.244. The van der Waals surface area contributed by atoms with Gasteiger partial charge in [0.1, 0.15) is 11.6 Å². The average Bonchev–Trinajstić information content (AvgIpc) is 3.07. The Morgan fingerprint density at radius 1 is 0.968 bits per heavy atom. The van der Waals surface area contributed by atoms with Crippen molar-refractivity contribution in [2.45, 2.75) is 89.9 Å². The Bertz CT molecular complexity index is 800. The quantitative estimate of drug-likeness (QED) is 0.768. The van der Waals surface area contributed by atoms with Gasteiger partial charge in [-0.15, -0.1) is 0 Å². The summed E-state index contributed by atoms with van der Waals surface area (Å²) in [7, 11) is 0. The molecule has 6 heteroatoms. The van der Waals surface area contributed by atoms with Crippen molar-refractivity contribution in [1.82, 2.24) is 9.80 Å². The van der Waals surface area contributed by atoms with E-state index in [2.05, 4.69) is 45.0 Å². The summed E-state index contributed by atoms with van der Waals surface area (Å²) in [6.07, 6.45) is 0.781. The Morgan fingerprint density at radius 3 is 2.16 bits per heavy atom. The van der Waals surface area contributed by atoms with E-state index in [1.165, 1.54) is 16.0 Å². The summed E-state index contributed by atoms with van der Waals surface area (Å²) in [5, 5.41) is 10.5. The first-order valence-electron chi connectivity index (χ1n) is 11.4. The van der Waals surface area contributed by atoms with Gasteiger partial charge in [0.2, 0.25) is 5.91 Å². The zero-order valence-corrected chi connectivity index (χ0v) is 19.9. The number of aliphatic hydroxyl groups is 1. The standard InChI is InChI=1S/C25H38N2O4/c1-24(2,3)19-10-8-7-9-18(19)17-11-14-26(15-12-17)22(29)21-20(28)13-16-27(21)23(30)31-25(4,5)6/h7-10,17,20-21,28H,11-16H2,1-6H3. The van der Waals surface area contributed by atoms with Crippen LogP contribution in [0.4, 0.5) is 4.79 Å². The maximum Gasteiger partial charge on any atom is 0.411 e. The lowest BCUT2D eigenvalue weighted by atomic mass is 9.77. The van der Waals surface area contributed by atoms with Crippen LogP contribution in [0.1, 0.15) is 77.8 Å². The van der Waals surface area contributed by atoms with Gasteiger partial charge in [0, 0.05) is 19.6 Å². The average molecular weight is 431 g/mol. The van der Waals surface area contributed by atoms with Crippen LogP contribution >= 0.6 is 0 Å². The molecule has 0 bridgehead atoms. The summed E-state index contributed by atoms with van der Waals surface area (Å²) >= 11 is 0. The smallest absolute Gasteiger partial charge is 0.411 e. The van der Waals surface area contributed by atoms with Crippen LogP contribution in [0.5, 0.6) is 0 Å². The van der Waals surface area contributed by atoms with Gasteiger partial charge in [0.25, 0.3) is 0 Å². The highest BCUT2D eigenvalue weighted by Crippen LogP contribution is 2.36. The first-order valence-corrected chi connectivity index (χ1v) is 11.4. The maximum absolute atomic E-state index is 13.3. The zero-order valence-electron chi connectivity index (χ0n) is 19.9. The van der Waals surface area contributed by atoms with E-state index < -0.39 is 23.8 Å². The molecule has 2 fully saturated rings. The van der Waals surface area contributed by atoms with Crippen LogP contribution in [-0.4, -0.2) is 64.3 Å². The van der Waals surface area contributed by atoms with Gasteiger partial charge < -0.3 is 14.7 Å². The van der Waals surface area contributed by atoms with Crippen LogP contribution < -0.4 is 0 Å². The monoisotopic (exact) mass is 430 g/mol. The van der Waals surface area contributed by atoms with Crippen LogP contribution in [0.2, 0.25) is 0 Å². The van der Waals surface area contributed by atoms with Crippen molar-refractivity contribution in [2.24, 2.45) is 0 Å². The third kappa shape index (κ3) is 5.40. The summed E-state index contributed by atoms with van der Waals surface area (Å²) < 4.78 is 5.46. The van der Waals surface area contributed by atoms with Gasteiger partial charge in [-0.25, -0.2) is 4.79 Å². The fourth-order valence-corrected chi connectivity index (χ4v) is 4.73. The molecule has 31 heavy (non-hydrogen) atoms. The highest BCUT2D eigenvalue weighted by molar-refractivity contribution is 5.87. The Labute approximate surface area is 186 Å². The Kier molecular flexibility index (Phi) is 6.70. The van der Waals surface area contributed by atoms with Crippen LogP contribution in [0, 0.1) is 0 Å². The van der Waals surface area contributed by atoms with Gasteiger partial charge >= 0.3 is 6.09 Å². The number of piperidine rings is 1. The number of benzene rings is 1. The Hall–Kier alpha value is -2.08. The molecular formula is C25H38N2O4. The molecule has 0 spiro atoms. The van der Waals surface area contributed by atoms with Crippen molar-refractivity contribution in [3.8, 4) is 0 Å². The number of likely N-dealkylation sites (tertiary alicyclic amines) is 2. The number of hydrogen-bond acceptors (Lipinski definition) is 4. The third-order valence-electron chi connectivity index (χ3n) is 6.26. The summed E-state index contributed by atoms with van der Waals surface area (Å²) in [6.45, 7) is 13.7. The Balaban J connectivity index is 1.68. The number of carbonyl (C=O) groups is 2. The maximum atomic E-state index is 13.3. The fraction of sp³-hybridized carbons (Fsp3) is 0.680. The van der Waals surface area contributed by atoms with E-state index in [4.69, 9.17) is 4.74 Å².